The molecule has 0 aromatic carbocycles. The molecule has 0 amide bonds. The maximum absolute atomic E-state index is 8.86. The highest BCUT2D eigenvalue weighted by Gasteiger charge is 2.06. The zero-order valence-corrected chi connectivity index (χ0v) is 9.20. The Hall–Kier alpha value is -1.36. The summed E-state index contributed by atoms with van der Waals surface area (Å²) in [5.41, 5.74) is 0. The molecule has 0 spiro atoms. The highest BCUT2D eigenvalue weighted by molar-refractivity contribution is 5.41. The summed E-state index contributed by atoms with van der Waals surface area (Å²) in [4.78, 5) is 8.35. The second kappa shape index (κ2) is 6.19. The lowest BCUT2D eigenvalue weighted by atomic mass is 10.1. The smallest absolute Gasteiger partial charge is 0.147 e. The quantitative estimate of drug-likeness (QED) is 0.655. The van der Waals surface area contributed by atoms with E-state index in [0.717, 1.165) is 24.5 Å². The largest absolute Gasteiger partial charge is 0.396 e. The summed E-state index contributed by atoms with van der Waals surface area (Å²) in [7, 11) is 1.80. The van der Waals surface area contributed by atoms with E-state index in [0.29, 0.717) is 0 Å². The van der Waals surface area contributed by atoms with Gasteiger partial charge in [0.05, 0.1) is 12.4 Å². The number of hydrogen-bond acceptors (Lipinski definition) is 5. The molecule has 84 valence electrons. The summed E-state index contributed by atoms with van der Waals surface area (Å²) >= 11 is 0. The maximum Gasteiger partial charge on any atom is 0.147 e. The summed E-state index contributed by atoms with van der Waals surface area (Å²) in [5.74, 6) is 1.47. The van der Waals surface area contributed by atoms with Crippen molar-refractivity contribution in [3.63, 3.8) is 0 Å². The first-order chi connectivity index (χ1) is 7.30. The monoisotopic (exact) mass is 210 g/mol. The third kappa shape index (κ3) is 3.71. The minimum atomic E-state index is 0.185. The minimum absolute atomic E-state index is 0.185. The average Bonchev–Trinajstić information content (AvgIpc) is 2.29. The Morgan fingerprint density at radius 1 is 1.40 bits per heavy atom. The first-order valence-corrected chi connectivity index (χ1v) is 5.17. The van der Waals surface area contributed by atoms with Gasteiger partial charge in [-0.3, -0.25) is 4.98 Å². The zero-order valence-electron chi connectivity index (χ0n) is 9.20. The first-order valence-electron chi connectivity index (χ1n) is 5.17. The number of rotatable bonds is 6. The van der Waals surface area contributed by atoms with Crippen molar-refractivity contribution in [3.05, 3.63) is 12.4 Å². The van der Waals surface area contributed by atoms with E-state index < -0.39 is 0 Å². The van der Waals surface area contributed by atoms with Crippen LogP contribution >= 0.6 is 0 Å². The van der Waals surface area contributed by atoms with Crippen molar-refractivity contribution < 1.29 is 5.11 Å². The van der Waals surface area contributed by atoms with Gasteiger partial charge in [0.25, 0.3) is 0 Å². The van der Waals surface area contributed by atoms with Crippen LogP contribution in [0.3, 0.4) is 0 Å². The Bertz CT molecular complexity index is 293. The molecule has 0 bridgehead atoms. The second-order valence-corrected chi connectivity index (χ2v) is 3.30. The van der Waals surface area contributed by atoms with Crippen molar-refractivity contribution in [2.24, 2.45) is 0 Å². The van der Waals surface area contributed by atoms with Gasteiger partial charge in [-0.2, -0.15) is 0 Å². The van der Waals surface area contributed by atoms with Crippen molar-refractivity contribution >= 4 is 11.6 Å². The van der Waals surface area contributed by atoms with Crippen LogP contribution in [0.1, 0.15) is 19.8 Å². The number of nitrogens with one attached hydrogen (secondary N) is 2. The van der Waals surface area contributed by atoms with E-state index in [9.17, 15) is 0 Å². The fourth-order valence-electron chi connectivity index (χ4n) is 1.30. The lowest BCUT2D eigenvalue weighted by Crippen LogP contribution is -2.20. The molecule has 5 nitrogen and oxygen atoms in total. The van der Waals surface area contributed by atoms with Gasteiger partial charge in [-0.25, -0.2) is 4.98 Å². The maximum atomic E-state index is 8.86. The fraction of sp³-hybridized carbons (Fsp3) is 0.600. The molecular weight excluding hydrogens is 192 g/mol. The number of nitrogens with zero attached hydrogens (tertiary/aromatic N) is 2. The SMILES string of the molecule is CCC(CCO)Nc1cncc(NC)n1. The van der Waals surface area contributed by atoms with E-state index in [1.807, 2.05) is 0 Å². The van der Waals surface area contributed by atoms with Crippen LogP contribution in [0.15, 0.2) is 12.4 Å². The van der Waals surface area contributed by atoms with Crippen molar-refractivity contribution in [1.82, 2.24) is 9.97 Å². The Balaban J connectivity index is 2.61. The fourth-order valence-corrected chi connectivity index (χ4v) is 1.30. The van der Waals surface area contributed by atoms with E-state index in [4.69, 9.17) is 5.11 Å². The Kier molecular flexibility index (Phi) is 4.83. The van der Waals surface area contributed by atoms with Crippen LogP contribution in [0, 0.1) is 0 Å². The Morgan fingerprint density at radius 2 is 2.13 bits per heavy atom. The summed E-state index contributed by atoms with van der Waals surface area (Å²) in [5, 5.41) is 15.0. The highest BCUT2D eigenvalue weighted by atomic mass is 16.3. The van der Waals surface area contributed by atoms with Gasteiger partial charge < -0.3 is 15.7 Å². The predicted molar refractivity (Wildman–Crippen MR) is 61.0 cm³/mol. The van der Waals surface area contributed by atoms with E-state index in [2.05, 4.69) is 27.5 Å². The predicted octanol–water partition coefficient (Wildman–Crippen LogP) is 1.09. The molecule has 0 aliphatic heterocycles. The summed E-state index contributed by atoms with van der Waals surface area (Å²) < 4.78 is 0. The third-order valence-corrected chi connectivity index (χ3v) is 2.21. The number of aliphatic hydroxyl groups excluding tert-OH is 1. The first kappa shape index (κ1) is 11.7. The van der Waals surface area contributed by atoms with E-state index in [-0.39, 0.29) is 12.6 Å². The molecular formula is C10H18N4O. The normalized spacial score (nSPS) is 12.2. The molecule has 0 aliphatic rings. The Morgan fingerprint density at radius 3 is 2.73 bits per heavy atom. The van der Waals surface area contributed by atoms with Crippen LogP contribution in [-0.2, 0) is 0 Å². The minimum Gasteiger partial charge on any atom is -0.396 e. The molecule has 1 atom stereocenters. The molecule has 0 fully saturated rings. The summed E-state index contributed by atoms with van der Waals surface area (Å²) in [6.07, 6.45) is 5.02. The lowest BCUT2D eigenvalue weighted by Gasteiger charge is -2.16. The third-order valence-electron chi connectivity index (χ3n) is 2.21. The zero-order chi connectivity index (χ0) is 11.1. The molecule has 15 heavy (non-hydrogen) atoms. The second-order valence-electron chi connectivity index (χ2n) is 3.30. The molecule has 0 radical (unpaired) electrons. The summed E-state index contributed by atoms with van der Waals surface area (Å²) in [6.45, 7) is 2.26. The van der Waals surface area contributed by atoms with Gasteiger partial charge in [0.15, 0.2) is 0 Å². The van der Waals surface area contributed by atoms with Crippen molar-refractivity contribution in [2.45, 2.75) is 25.8 Å². The van der Waals surface area contributed by atoms with Crippen molar-refractivity contribution in [1.29, 1.82) is 0 Å². The molecule has 1 heterocycles. The molecule has 1 unspecified atom stereocenters. The Labute approximate surface area is 90.0 Å². The van der Waals surface area contributed by atoms with E-state index >= 15 is 0 Å². The van der Waals surface area contributed by atoms with Gasteiger partial charge in [-0.05, 0) is 12.8 Å². The number of aliphatic hydroxyl groups is 1. The van der Waals surface area contributed by atoms with Crippen LogP contribution in [0.25, 0.3) is 0 Å². The standard InChI is InChI=1S/C10H18N4O/c1-3-8(4-5-15)13-10-7-12-6-9(11-2)14-10/h6-8,15H,3-5H2,1-2H3,(H2,11,13,14). The van der Waals surface area contributed by atoms with Crippen LogP contribution in [0.4, 0.5) is 11.6 Å². The molecule has 0 saturated heterocycles. The number of anilines is 2. The molecule has 1 aromatic heterocycles. The van der Waals surface area contributed by atoms with Gasteiger partial charge in [-0.15, -0.1) is 0 Å². The molecule has 5 heteroatoms. The lowest BCUT2D eigenvalue weighted by molar-refractivity contribution is 0.278. The van der Waals surface area contributed by atoms with Crippen LogP contribution in [0.2, 0.25) is 0 Å². The summed E-state index contributed by atoms with van der Waals surface area (Å²) in [6, 6.07) is 0.247. The van der Waals surface area contributed by atoms with Crippen LogP contribution in [-0.4, -0.2) is 34.8 Å². The molecule has 0 saturated carbocycles. The van der Waals surface area contributed by atoms with Crippen molar-refractivity contribution in [3.8, 4) is 0 Å². The number of aromatic nitrogens is 2. The average molecular weight is 210 g/mol. The molecule has 0 aliphatic carbocycles. The molecule has 1 aromatic rings. The van der Waals surface area contributed by atoms with Gasteiger partial charge in [-0.1, -0.05) is 6.92 Å². The topological polar surface area (TPSA) is 70.1 Å². The van der Waals surface area contributed by atoms with Gasteiger partial charge in [0.1, 0.15) is 11.6 Å². The molecule has 1 rings (SSSR count). The van der Waals surface area contributed by atoms with Crippen LogP contribution < -0.4 is 10.6 Å². The van der Waals surface area contributed by atoms with Gasteiger partial charge in [0, 0.05) is 19.7 Å². The highest BCUT2D eigenvalue weighted by Crippen LogP contribution is 2.10. The number of hydrogen-bond donors (Lipinski definition) is 3. The van der Waals surface area contributed by atoms with Crippen molar-refractivity contribution in [2.75, 3.05) is 24.3 Å². The molecule has 3 N–H and O–H groups in total. The van der Waals surface area contributed by atoms with Gasteiger partial charge >= 0.3 is 0 Å². The van der Waals surface area contributed by atoms with Crippen LogP contribution in [0.5, 0.6) is 0 Å². The van der Waals surface area contributed by atoms with Gasteiger partial charge in [0.2, 0.25) is 0 Å². The van der Waals surface area contributed by atoms with E-state index in [1.54, 1.807) is 19.4 Å². The van der Waals surface area contributed by atoms with E-state index in [1.165, 1.54) is 0 Å².